The number of carbonyl (C=O) groups is 1. The highest BCUT2D eigenvalue weighted by Gasteiger charge is 2.21. The summed E-state index contributed by atoms with van der Waals surface area (Å²) in [6, 6.07) is 0. The van der Waals surface area contributed by atoms with Crippen LogP contribution in [0.1, 0.15) is 13.8 Å². The maximum atomic E-state index is 11.8. The fourth-order valence-electron chi connectivity index (χ4n) is 1.24. The van der Waals surface area contributed by atoms with Crippen LogP contribution in [0.4, 0.5) is 0 Å². The molecule has 0 fully saturated rings. The van der Waals surface area contributed by atoms with Crippen molar-refractivity contribution in [1.82, 2.24) is 4.90 Å². The minimum atomic E-state index is -0.536. The highest BCUT2D eigenvalue weighted by molar-refractivity contribution is 5.81. The third kappa shape index (κ3) is 5.11. The molecule has 1 unspecified atom stereocenters. The van der Waals surface area contributed by atoms with Crippen LogP contribution < -0.4 is 5.73 Å². The number of rotatable bonds is 8. The van der Waals surface area contributed by atoms with E-state index in [2.05, 4.69) is 0 Å². The van der Waals surface area contributed by atoms with E-state index < -0.39 is 6.10 Å². The minimum Gasteiger partial charge on any atom is -0.380 e. The molecule has 0 aromatic rings. The van der Waals surface area contributed by atoms with Crippen molar-refractivity contribution < 1.29 is 14.3 Å². The Balaban J connectivity index is 4.08. The van der Waals surface area contributed by atoms with E-state index in [1.807, 2.05) is 13.8 Å². The Hall–Kier alpha value is -0.650. The molecule has 0 heterocycles. The third-order valence-corrected chi connectivity index (χ3v) is 2.18. The predicted octanol–water partition coefficient (Wildman–Crippen LogP) is -0.155. The number of carbonyl (C=O) groups excluding carboxylic acids is 1. The lowest BCUT2D eigenvalue weighted by Crippen LogP contribution is -2.44. The van der Waals surface area contributed by atoms with Gasteiger partial charge in [0.2, 0.25) is 0 Å². The molecule has 2 N–H and O–H groups in total. The molecule has 0 aliphatic rings. The molecule has 5 nitrogen and oxygen atoms in total. The van der Waals surface area contributed by atoms with Gasteiger partial charge in [0.15, 0.2) is 0 Å². The first-order valence-corrected chi connectivity index (χ1v) is 5.30. The molecule has 0 saturated carbocycles. The molecule has 0 bridgehead atoms. The van der Waals surface area contributed by atoms with Gasteiger partial charge in [-0.3, -0.25) is 4.79 Å². The average molecular weight is 218 g/mol. The number of amides is 1. The number of hydrogen-bond donors (Lipinski definition) is 1. The standard InChI is InChI=1S/C10H22N2O3/c1-4-12(6-7-15-5-2)10(13)9(8-11)14-3/h9H,4-8,11H2,1-3H3. The lowest BCUT2D eigenvalue weighted by molar-refractivity contribution is -0.141. The number of likely N-dealkylation sites (N-methyl/N-ethyl adjacent to an activating group) is 1. The summed E-state index contributed by atoms with van der Waals surface area (Å²) in [5, 5.41) is 0. The van der Waals surface area contributed by atoms with E-state index in [-0.39, 0.29) is 12.5 Å². The molecule has 1 atom stereocenters. The summed E-state index contributed by atoms with van der Waals surface area (Å²) in [5.74, 6) is -0.0674. The topological polar surface area (TPSA) is 64.8 Å². The van der Waals surface area contributed by atoms with Gasteiger partial charge in [0.05, 0.1) is 6.61 Å². The second-order valence-corrected chi connectivity index (χ2v) is 3.07. The Morgan fingerprint density at radius 2 is 2.13 bits per heavy atom. The second kappa shape index (κ2) is 8.64. The maximum absolute atomic E-state index is 11.8. The van der Waals surface area contributed by atoms with Crippen molar-refractivity contribution in [3.8, 4) is 0 Å². The van der Waals surface area contributed by atoms with Crippen molar-refractivity contribution in [1.29, 1.82) is 0 Å². The lowest BCUT2D eigenvalue weighted by Gasteiger charge is -2.24. The van der Waals surface area contributed by atoms with Crippen LogP contribution in [0.3, 0.4) is 0 Å². The fourth-order valence-corrected chi connectivity index (χ4v) is 1.24. The van der Waals surface area contributed by atoms with Gasteiger partial charge < -0.3 is 20.1 Å². The Labute approximate surface area is 91.5 Å². The zero-order chi connectivity index (χ0) is 11.7. The molecule has 1 amide bonds. The van der Waals surface area contributed by atoms with Crippen LogP contribution in [0.25, 0.3) is 0 Å². The smallest absolute Gasteiger partial charge is 0.253 e. The number of nitrogens with two attached hydrogens (primary N) is 1. The van der Waals surface area contributed by atoms with Gasteiger partial charge in [-0.1, -0.05) is 0 Å². The molecule has 15 heavy (non-hydrogen) atoms. The van der Waals surface area contributed by atoms with Crippen LogP contribution in [0, 0.1) is 0 Å². The van der Waals surface area contributed by atoms with Crippen LogP contribution >= 0.6 is 0 Å². The number of nitrogens with zero attached hydrogens (tertiary/aromatic N) is 1. The highest BCUT2D eigenvalue weighted by atomic mass is 16.5. The second-order valence-electron chi connectivity index (χ2n) is 3.07. The lowest BCUT2D eigenvalue weighted by atomic mass is 10.3. The molecule has 0 radical (unpaired) electrons. The number of methoxy groups -OCH3 is 1. The Kier molecular flexibility index (Phi) is 8.27. The maximum Gasteiger partial charge on any atom is 0.253 e. The Morgan fingerprint density at radius 3 is 2.53 bits per heavy atom. The zero-order valence-corrected chi connectivity index (χ0v) is 9.86. The van der Waals surface area contributed by atoms with Crippen molar-refractivity contribution >= 4 is 5.91 Å². The molecule has 0 aliphatic heterocycles. The number of ether oxygens (including phenoxy) is 2. The van der Waals surface area contributed by atoms with Crippen molar-refractivity contribution in [3.05, 3.63) is 0 Å². The van der Waals surface area contributed by atoms with E-state index in [9.17, 15) is 4.79 Å². The van der Waals surface area contributed by atoms with Gasteiger partial charge in [0.25, 0.3) is 5.91 Å². The van der Waals surface area contributed by atoms with Crippen LogP contribution in [-0.2, 0) is 14.3 Å². The van der Waals surface area contributed by atoms with E-state index in [0.717, 1.165) is 0 Å². The largest absolute Gasteiger partial charge is 0.380 e. The zero-order valence-electron chi connectivity index (χ0n) is 9.86. The van der Waals surface area contributed by atoms with Gasteiger partial charge in [0, 0.05) is 33.4 Å². The Morgan fingerprint density at radius 1 is 1.47 bits per heavy atom. The average Bonchev–Trinajstić information content (AvgIpc) is 2.26. The molecule has 0 aromatic carbocycles. The van der Waals surface area contributed by atoms with Crippen LogP contribution in [0.5, 0.6) is 0 Å². The van der Waals surface area contributed by atoms with Crippen molar-refractivity contribution in [2.24, 2.45) is 5.73 Å². The Bertz CT molecular complexity index is 172. The summed E-state index contributed by atoms with van der Waals surface area (Å²) in [6.45, 7) is 6.51. The number of hydrogen-bond acceptors (Lipinski definition) is 4. The summed E-state index contributed by atoms with van der Waals surface area (Å²) in [5.41, 5.74) is 5.43. The van der Waals surface area contributed by atoms with Crippen molar-refractivity contribution in [3.63, 3.8) is 0 Å². The van der Waals surface area contributed by atoms with Crippen molar-refractivity contribution in [2.75, 3.05) is 40.0 Å². The first kappa shape index (κ1) is 14.3. The molecule has 0 saturated heterocycles. The summed E-state index contributed by atoms with van der Waals surface area (Å²) >= 11 is 0. The van der Waals surface area contributed by atoms with Gasteiger partial charge in [-0.2, -0.15) is 0 Å². The molecule has 0 aliphatic carbocycles. The molecule has 5 heteroatoms. The third-order valence-electron chi connectivity index (χ3n) is 2.18. The molecule has 0 aromatic heterocycles. The van der Waals surface area contributed by atoms with Gasteiger partial charge in [-0.05, 0) is 13.8 Å². The van der Waals surface area contributed by atoms with Gasteiger partial charge in [0.1, 0.15) is 6.10 Å². The van der Waals surface area contributed by atoms with Gasteiger partial charge in [-0.25, -0.2) is 0 Å². The fraction of sp³-hybridized carbons (Fsp3) is 0.900. The summed E-state index contributed by atoms with van der Waals surface area (Å²) in [4.78, 5) is 13.5. The first-order chi connectivity index (χ1) is 7.21. The summed E-state index contributed by atoms with van der Waals surface area (Å²) < 4.78 is 10.2. The van der Waals surface area contributed by atoms with E-state index in [4.69, 9.17) is 15.2 Å². The van der Waals surface area contributed by atoms with E-state index in [0.29, 0.717) is 26.3 Å². The molecule has 0 rings (SSSR count). The monoisotopic (exact) mass is 218 g/mol. The van der Waals surface area contributed by atoms with Gasteiger partial charge >= 0.3 is 0 Å². The first-order valence-electron chi connectivity index (χ1n) is 5.30. The highest BCUT2D eigenvalue weighted by Crippen LogP contribution is 1.98. The van der Waals surface area contributed by atoms with Crippen molar-refractivity contribution in [2.45, 2.75) is 20.0 Å². The molecule has 0 spiro atoms. The van der Waals surface area contributed by atoms with Crippen LogP contribution in [0.15, 0.2) is 0 Å². The summed E-state index contributed by atoms with van der Waals surface area (Å²) in [6.07, 6.45) is -0.536. The molecular weight excluding hydrogens is 196 g/mol. The van der Waals surface area contributed by atoms with Crippen LogP contribution in [-0.4, -0.2) is 56.9 Å². The summed E-state index contributed by atoms with van der Waals surface area (Å²) in [7, 11) is 1.49. The van der Waals surface area contributed by atoms with E-state index in [1.54, 1.807) is 4.90 Å². The quantitative estimate of drug-likeness (QED) is 0.575. The predicted molar refractivity (Wildman–Crippen MR) is 58.6 cm³/mol. The minimum absolute atomic E-state index is 0.0674. The SMILES string of the molecule is CCOCCN(CC)C(=O)C(CN)OC. The molecular formula is C10H22N2O3. The normalized spacial score (nSPS) is 12.5. The van der Waals surface area contributed by atoms with E-state index >= 15 is 0 Å². The molecule has 90 valence electrons. The van der Waals surface area contributed by atoms with E-state index in [1.165, 1.54) is 7.11 Å². The van der Waals surface area contributed by atoms with Crippen LogP contribution in [0.2, 0.25) is 0 Å². The van der Waals surface area contributed by atoms with Gasteiger partial charge in [-0.15, -0.1) is 0 Å².